The zero-order chi connectivity index (χ0) is 20.8. The van der Waals surface area contributed by atoms with E-state index in [1.165, 1.54) is 0 Å². The van der Waals surface area contributed by atoms with Crippen molar-refractivity contribution in [3.05, 3.63) is 33.0 Å². The van der Waals surface area contributed by atoms with E-state index in [9.17, 15) is 19.2 Å². The molecule has 0 aliphatic rings. The summed E-state index contributed by atoms with van der Waals surface area (Å²) < 4.78 is 9.89. The number of rotatable bonds is 6. The van der Waals surface area contributed by atoms with Gasteiger partial charge in [0, 0.05) is 0 Å². The van der Waals surface area contributed by atoms with Crippen molar-refractivity contribution in [1.82, 2.24) is 0 Å². The first-order valence-corrected chi connectivity index (χ1v) is 10.1. The Hall–Kier alpha value is -2.72. The van der Waals surface area contributed by atoms with Gasteiger partial charge in [-0.1, -0.05) is 0 Å². The van der Waals surface area contributed by atoms with Crippen LogP contribution in [-0.4, -0.2) is 37.0 Å². The van der Waals surface area contributed by atoms with Gasteiger partial charge in [-0.2, -0.15) is 0 Å². The molecule has 2 aromatic rings. The van der Waals surface area contributed by atoms with Gasteiger partial charge in [0.25, 0.3) is 0 Å². The van der Waals surface area contributed by atoms with Crippen molar-refractivity contribution in [3.63, 3.8) is 0 Å². The second-order valence-corrected chi connectivity index (χ2v) is 7.70. The van der Waals surface area contributed by atoms with E-state index in [1.807, 2.05) is 0 Å². The Morgan fingerprint density at radius 2 is 1.14 bits per heavy atom. The SMILES string of the molecule is CCOC(=O)c1sc(NC(=O)C(=O)Nc2cc(C)c(C(=O)OCC)s2)cc1C. The zero-order valence-electron chi connectivity index (χ0n) is 15.8. The molecule has 28 heavy (non-hydrogen) atoms. The number of carbonyl (C=O) groups is 4. The Morgan fingerprint density at radius 1 is 0.786 bits per heavy atom. The van der Waals surface area contributed by atoms with E-state index in [-0.39, 0.29) is 13.2 Å². The van der Waals surface area contributed by atoms with Crippen LogP contribution in [0.15, 0.2) is 12.1 Å². The third kappa shape index (κ3) is 5.17. The molecule has 0 aliphatic heterocycles. The smallest absolute Gasteiger partial charge is 0.348 e. The Balaban J connectivity index is 2.03. The number of carbonyl (C=O) groups excluding carboxylic acids is 4. The van der Waals surface area contributed by atoms with Crippen molar-refractivity contribution in [2.45, 2.75) is 27.7 Å². The number of ether oxygens (including phenoxy) is 2. The summed E-state index contributed by atoms with van der Waals surface area (Å²) in [5.74, 6) is -2.73. The van der Waals surface area contributed by atoms with Gasteiger partial charge in [0.05, 0.1) is 23.2 Å². The molecule has 0 saturated heterocycles. The number of esters is 2. The zero-order valence-corrected chi connectivity index (χ0v) is 17.5. The maximum absolute atomic E-state index is 12.1. The highest BCUT2D eigenvalue weighted by Gasteiger charge is 2.21. The minimum absolute atomic E-state index is 0.244. The van der Waals surface area contributed by atoms with Gasteiger partial charge < -0.3 is 20.1 Å². The summed E-state index contributed by atoms with van der Waals surface area (Å²) in [6.45, 7) is 7.32. The standard InChI is InChI=1S/C18H20N2O6S2/c1-5-25-17(23)13-9(3)7-11(27-13)19-15(21)16(22)20-12-8-10(4)14(28-12)18(24)26-6-2/h7-8H,5-6H2,1-4H3,(H,19,21)(H,20,22). The van der Waals surface area contributed by atoms with Crippen LogP contribution in [0.4, 0.5) is 10.0 Å². The highest BCUT2D eigenvalue weighted by molar-refractivity contribution is 7.18. The molecule has 0 radical (unpaired) electrons. The average molecular weight is 425 g/mol. The monoisotopic (exact) mass is 424 g/mol. The lowest BCUT2D eigenvalue weighted by Crippen LogP contribution is -2.28. The molecule has 0 atom stereocenters. The van der Waals surface area contributed by atoms with E-state index >= 15 is 0 Å². The molecule has 0 aliphatic carbocycles. The third-order valence-corrected chi connectivity index (χ3v) is 5.70. The van der Waals surface area contributed by atoms with Crippen molar-refractivity contribution < 1.29 is 28.7 Å². The number of aryl methyl sites for hydroxylation is 2. The first-order chi connectivity index (χ1) is 13.3. The fraction of sp³-hybridized carbons (Fsp3) is 0.333. The summed E-state index contributed by atoms with van der Waals surface area (Å²) in [5, 5.41) is 5.63. The van der Waals surface area contributed by atoms with Gasteiger partial charge >= 0.3 is 23.8 Å². The number of nitrogens with one attached hydrogen (secondary N) is 2. The molecular formula is C18H20N2O6S2. The van der Waals surface area contributed by atoms with E-state index in [1.54, 1.807) is 39.8 Å². The van der Waals surface area contributed by atoms with Crippen LogP contribution < -0.4 is 10.6 Å². The highest BCUT2D eigenvalue weighted by Crippen LogP contribution is 2.29. The molecule has 2 aromatic heterocycles. The van der Waals surface area contributed by atoms with Gasteiger partial charge in [0.1, 0.15) is 9.75 Å². The van der Waals surface area contributed by atoms with Gasteiger partial charge in [-0.3, -0.25) is 9.59 Å². The highest BCUT2D eigenvalue weighted by atomic mass is 32.1. The van der Waals surface area contributed by atoms with Crippen LogP contribution in [0.3, 0.4) is 0 Å². The van der Waals surface area contributed by atoms with Crippen LogP contribution in [-0.2, 0) is 19.1 Å². The molecule has 10 heteroatoms. The van der Waals surface area contributed by atoms with Crippen LogP contribution in [0.5, 0.6) is 0 Å². The number of hydrogen-bond acceptors (Lipinski definition) is 8. The fourth-order valence-corrected chi connectivity index (χ4v) is 4.15. The lowest BCUT2D eigenvalue weighted by molar-refractivity contribution is -0.132. The van der Waals surface area contributed by atoms with Crippen LogP contribution in [0.1, 0.15) is 44.3 Å². The molecule has 2 amide bonds. The molecule has 0 aromatic carbocycles. The molecular weight excluding hydrogens is 404 g/mol. The van der Waals surface area contributed by atoms with E-state index in [0.717, 1.165) is 22.7 Å². The molecule has 2 rings (SSSR count). The van der Waals surface area contributed by atoms with Crippen molar-refractivity contribution >= 4 is 56.4 Å². The summed E-state index contributed by atoms with van der Waals surface area (Å²) in [6, 6.07) is 3.19. The molecule has 0 bridgehead atoms. The van der Waals surface area contributed by atoms with Crippen molar-refractivity contribution in [2.75, 3.05) is 23.8 Å². The average Bonchev–Trinajstić information content (AvgIpc) is 3.17. The summed E-state index contributed by atoms with van der Waals surface area (Å²) >= 11 is 2.06. The topological polar surface area (TPSA) is 111 Å². The van der Waals surface area contributed by atoms with Crippen molar-refractivity contribution in [2.24, 2.45) is 0 Å². The van der Waals surface area contributed by atoms with Gasteiger partial charge in [-0.05, 0) is 51.0 Å². The van der Waals surface area contributed by atoms with Crippen LogP contribution in [0.25, 0.3) is 0 Å². The van der Waals surface area contributed by atoms with Gasteiger partial charge in [0.15, 0.2) is 0 Å². The number of anilines is 2. The Bertz CT molecular complexity index is 841. The quantitative estimate of drug-likeness (QED) is 0.543. The predicted octanol–water partition coefficient (Wildman–Crippen LogP) is 3.36. The molecule has 0 unspecified atom stereocenters. The maximum Gasteiger partial charge on any atom is 0.348 e. The minimum Gasteiger partial charge on any atom is -0.462 e. The first kappa shape index (κ1) is 21.6. The van der Waals surface area contributed by atoms with E-state index in [2.05, 4.69) is 10.6 Å². The Labute approximate surface area is 169 Å². The second kappa shape index (κ2) is 9.47. The molecule has 0 saturated carbocycles. The number of amides is 2. The lowest BCUT2D eigenvalue weighted by atomic mass is 10.3. The Morgan fingerprint density at radius 3 is 1.46 bits per heavy atom. The second-order valence-electron chi connectivity index (χ2n) is 5.59. The summed E-state index contributed by atoms with van der Waals surface area (Å²) in [4.78, 5) is 48.7. The summed E-state index contributed by atoms with van der Waals surface area (Å²) in [5.41, 5.74) is 1.29. The molecule has 0 fully saturated rings. The van der Waals surface area contributed by atoms with Gasteiger partial charge in [-0.15, -0.1) is 22.7 Å². The number of hydrogen-bond donors (Lipinski definition) is 2. The van der Waals surface area contributed by atoms with Gasteiger partial charge in [-0.25, -0.2) is 9.59 Å². The Kier molecular flexibility index (Phi) is 7.30. The molecule has 8 nitrogen and oxygen atoms in total. The van der Waals surface area contributed by atoms with Gasteiger partial charge in [0.2, 0.25) is 0 Å². The normalized spacial score (nSPS) is 10.3. The van der Waals surface area contributed by atoms with Crippen LogP contribution in [0.2, 0.25) is 0 Å². The van der Waals surface area contributed by atoms with Crippen molar-refractivity contribution in [1.29, 1.82) is 0 Å². The third-order valence-electron chi connectivity index (χ3n) is 3.44. The lowest BCUT2D eigenvalue weighted by Gasteiger charge is -2.03. The maximum atomic E-state index is 12.1. The molecule has 0 spiro atoms. The van der Waals surface area contributed by atoms with Crippen LogP contribution >= 0.6 is 22.7 Å². The summed E-state index contributed by atoms with van der Waals surface area (Å²) in [7, 11) is 0. The van der Waals surface area contributed by atoms with Crippen molar-refractivity contribution in [3.8, 4) is 0 Å². The first-order valence-electron chi connectivity index (χ1n) is 8.44. The largest absolute Gasteiger partial charge is 0.462 e. The number of thiophene rings is 2. The minimum atomic E-state index is -0.889. The van der Waals surface area contributed by atoms with E-state index < -0.39 is 23.8 Å². The van der Waals surface area contributed by atoms with E-state index in [0.29, 0.717) is 30.9 Å². The van der Waals surface area contributed by atoms with Crippen LogP contribution in [0, 0.1) is 13.8 Å². The summed E-state index contributed by atoms with van der Waals surface area (Å²) in [6.07, 6.45) is 0. The van der Waals surface area contributed by atoms with E-state index in [4.69, 9.17) is 9.47 Å². The fourth-order valence-electron chi connectivity index (χ4n) is 2.22. The predicted molar refractivity (Wildman–Crippen MR) is 107 cm³/mol. The molecule has 2 heterocycles. The molecule has 150 valence electrons. The molecule has 2 N–H and O–H groups in total.